The number of hydrogen-bond acceptors (Lipinski definition) is 4. The lowest BCUT2D eigenvalue weighted by atomic mass is 9.80. The summed E-state index contributed by atoms with van der Waals surface area (Å²) in [5.74, 6) is 14.8. The zero-order valence-corrected chi connectivity index (χ0v) is 26.2. The van der Waals surface area contributed by atoms with E-state index < -0.39 is 0 Å². The van der Waals surface area contributed by atoms with Crippen molar-refractivity contribution < 1.29 is 18.9 Å². The van der Waals surface area contributed by atoms with Gasteiger partial charge in [-0.15, -0.1) is 0 Å². The van der Waals surface area contributed by atoms with Gasteiger partial charge in [0, 0.05) is 22.3 Å². The van der Waals surface area contributed by atoms with Crippen molar-refractivity contribution in [3.63, 3.8) is 0 Å². The minimum absolute atomic E-state index is 0.198. The Morgan fingerprint density at radius 1 is 0.659 bits per heavy atom. The molecule has 0 heterocycles. The normalized spacial score (nSPS) is 15.7. The second-order valence-corrected chi connectivity index (χ2v) is 11.4. The van der Waals surface area contributed by atoms with Gasteiger partial charge in [-0.3, -0.25) is 0 Å². The van der Waals surface area contributed by atoms with E-state index in [-0.39, 0.29) is 6.79 Å². The van der Waals surface area contributed by atoms with Crippen LogP contribution in [0.1, 0.15) is 76.6 Å². The van der Waals surface area contributed by atoms with Gasteiger partial charge >= 0.3 is 0 Å². The topological polar surface area (TPSA) is 36.9 Å². The molecule has 3 aromatic carbocycles. The highest BCUT2D eigenvalue weighted by Gasteiger charge is 2.21. The van der Waals surface area contributed by atoms with E-state index >= 15 is 0 Å². The molecule has 0 atom stereocenters. The first-order valence-electron chi connectivity index (χ1n) is 15.5. The Morgan fingerprint density at radius 2 is 1.18 bits per heavy atom. The predicted octanol–water partition coefficient (Wildman–Crippen LogP) is 8.61. The molecule has 0 saturated heterocycles. The second-order valence-electron chi connectivity index (χ2n) is 11.4. The Kier molecular flexibility index (Phi) is 13.2. The lowest BCUT2D eigenvalue weighted by molar-refractivity contribution is -0.0322. The fourth-order valence-electron chi connectivity index (χ4n) is 5.58. The third kappa shape index (κ3) is 10.8. The SMILES string of the molecule is C=COCOCc1ccc(C#Cc2c(C)cc(C#Cc3ccc(CCC4CCC(COCOC=C)CC4)cc3)cc2C)cc1. The van der Waals surface area contributed by atoms with Crippen LogP contribution < -0.4 is 0 Å². The Hall–Kier alpha value is -4.22. The summed E-state index contributed by atoms with van der Waals surface area (Å²) in [4.78, 5) is 0. The first-order chi connectivity index (χ1) is 21.5. The molecule has 1 aliphatic carbocycles. The van der Waals surface area contributed by atoms with Crippen LogP contribution in [-0.4, -0.2) is 20.2 Å². The molecule has 1 fully saturated rings. The van der Waals surface area contributed by atoms with Crippen molar-refractivity contribution in [3.05, 3.63) is 131 Å². The first kappa shape index (κ1) is 32.7. The van der Waals surface area contributed by atoms with E-state index in [1.165, 1.54) is 50.2 Å². The first-order valence-corrected chi connectivity index (χ1v) is 15.5. The molecule has 0 unspecified atom stereocenters. The van der Waals surface area contributed by atoms with Gasteiger partial charge in [0.2, 0.25) is 0 Å². The van der Waals surface area contributed by atoms with Gasteiger partial charge in [0.15, 0.2) is 13.6 Å². The summed E-state index contributed by atoms with van der Waals surface area (Å²) in [5.41, 5.74) is 8.78. The Balaban J connectivity index is 1.26. The summed E-state index contributed by atoms with van der Waals surface area (Å²) >= 11 is 0. The molecule has 4 nitrogen and oxygen atoms in total. The van der Waals surface area contributed by atoms with Crippen molar-refractivity contribution in [3.8, 4) is 23.7 Å². The van der Waals surface area contributed by atoms with Crippen molar-refractivity contribution in [1.82, 2.24) is 0 Å². The van der Waals surface area contributed by atoms with Gasteiger partial charge in [0.1, 0.15) is 0 Å². The molecule has 0 spiro atoms. The monoisotopic (exact) mass is 588 g/mol. The van der Waals surface area contributed by atoms with Crippen LogP contribution in [0.4, 0.5) is 0 Å². The molecular weight excluding hydrogens is 544 g/mol. The van der Waals surface area contributed by atoms with E-state index in [1.54, 1.807) is 0 Å². The zero-order valence-electron chi connectivity index (χ0n) is 26.2. The number of rotatable bonds is 13. The Labute approximate surface area is 264 Å². The van der Waals surface area contributed by atoms with E-state index in [9.17, 15) is 0 Å². The zero-order chi connectivity index (χ0) is 31.0. The molecule has 44 heavy (non-hydrogen) atoms. The molecule has 0 amide bonds. The van der Waals surface area contributed by atoms with E-state index in [2.05, 4.69) is 87.1 Å². The minimum Gasteiger partial charge on any atom is -0.476 e. The van der Waals surface area contributed by atoms with Crippen molar-refractivity contribution in [2.75, 3.05) is 20.2 Å². The number of benzene rings is 3. The van der Waals surface area contributed by atoms with Crippen molar-refractivity contribution in [1.29, 1.82) is 0 Å². The van der Waals surface area contributed by atoms with E-state index in [0.717, 1.165) is 57.9 Å². The van der Waals surface area contributed by atoms with Crippen LogP contribution in [0.25, 0.3) is 0 Å². The summed E-state index contributed by atoms with van der Waals surface area (Å²) in [6.07, 6.45) is 10.2. The molecule has 0 aliphatic heterocycles. The molecular formula is C40H44O4. The molecule has 1 aliphatic rings. The van der Waals surface area contributed by atoms with Gasteiger partial charge in [0.25, 0.3) is 0 Å². The fraction of sp³-hybridized carbons (Fsp3) is 0.350. The molecule has 0 aromatic heterocycles. The summed E-state index contributed by atoms with van der Waals surface area (Å²) in [6, 6.07) is 21.1. The van der Waals surface area contributed by atoms with E-state index in [0.29, 0.717) is 19.3 Å². The molecule has 4 rings (SSSR count). The van der Waals surface area contributed by atoms with Gasteiger partial charge in [-0.25, -0.2) is 0 Å². The molecule has 0 N–H and O–H groups in total. The highest BCUT2D eigenvalue weighted by atomic mass is 16.7. The average molecular weight is 589 g/mol. The maximum Gasteiger partial charge on any atom is 0.188 e. The number of aryl methyl sites for hydroxylation is 3. The van der Waals surface area contributed by atoms with Crippen LogP contribution in [-0.2, 0) is 32.0 Å². The van der Waals surface area contributed by atoms with Crippen LogP contribution in [0.5, 0.6) is 0 Å². The van der Waals surface area contributed by atoms with Gasteiger partial charge < -0.3 is 18.9 Å². The van der Waals surface area contributed by atoms with Gasteiger partial charge in [-0.1, -0.05) is 73.9 Å². The quantitative estimate of drug-likeness (QED) is 0.0867. The third-order valence-electron chi connectivity index (χ3n) is 8.09. The Morgan fingerprint density at radius 3 is 1.80 bits per heavy atom. The number of ether oxygens (including phenoxy) is 4. The molecule has 228 valence electrons. The second kappa shape index (κ2) is 17.8. The van der Waals surface area contributed by atoms with Crippen LogP contribution in [0, 0.1) is 49.4 Å². The highest BCUT2D eigenvalue weighted by molar-refractivity contribution is 5.55. The minimum atomic E-state index is 0.198. The van der Waals surface area contributed by atoms with Crippen molar-refractivity contribution >= 4 is 0 Å². The van der Waals surface area contributed by atoms with Crippen LogP contribution in [0.15, 0.2) is 86.3 Å². The standard InChI is InChI=1S/C40H44O4/c1-5-41-29-43-27-37-18-13-35(14-19-37)12-9-33-7-10-34(11-8-33)17-22-39-25-31(3)40(32(4)26-39)24-23-36-15-20-38(21-16-36)28-44-30-42-6-2/h5-8,10-11,15-16,20-21,25-26,35,37H,1-2,9,12-14,18-19,27-30H2,3-4H3. The average Bonchev–Trinajstić information content (AvgIpc) is 3.04. The summed E-state index contributed by atoms with van der Waals surface area (Å²) < 4.78 is 21.0. The molecule has 1 saturated carbocycles. The maximum atomic E-state index is 5.58. The molecule has 3 aromatic rings. The lowest BCUT2D eigenvalue weighted by Crippen LogP contribution is -2.19. The van der Waals surface area contributed by atoms with Crippen molar-refractivity contribution in [2.45, 2.75) is 59.0 Å². The highest BCUT2D eigenvalue weighted by Crippen LogP contribution is 2.32. The summed E-state index contributed by atoms with van der Waals surface area (Å²) in [7, 11) is 0. The molecule has 0 radical (unpaired) electrons. The van der Waals surface area contributed by atoms with Crippen molar-refractivity contribution in [2.24, 2.45) is 11.8 Å². The maximum absolute atomic E-state index is 5.58. The molecule has 0 bridgehead atoms. The van der Waals surface area contributed by atoms with Gasteiger partial charge in [-0.05, 0) is 110 Å². The number of hydrogen-bond donors (Lipinski definition) is 0. The van der Waals surface area contributed by atoms with Gasteiger partial charge in [0.05, 0.1) is 25.7 Å². The van der Waals surface area contributed by atoms with E-state index in [4.69, 9.17) is 18.9 Å². The third-order valence-corrected chi connectivity index (χ3v) is 8.09. The fourth-order valence-corrected chi connectivity index (χ4v) is 5.58. The Bertz CT molecular complexity index is 1450. The largest absolute Gasteiger partial charge is 0.476 e. The summed E-state index contributed by atoms with van der Waals surface area (Å²) in [5, 5.41) is 0. The summed E-state index contributed by atoms with van der Waals surface area (Å²) in [6.45, 7) is 13.0. The van der Waals surface area contributed by atoms with Crippen LogP contribution >= 0.6 is 0 Å². The molecule has 4 heteroatoms. The van der Waals surface area contributed by atoms with Gasteiger partial charge in [-0.2, -0.15) is 0 Å². The van der Waals surface area contributed by atoms with Crippen LogP contribution in [0.2, 0.25) is 0 Å². The van der Waals surface area contributed by atoms with E-state index in [1.807, 2.05) is 24.3 Å². The van der Waals surface area contributed by atoms with Crippen LogP contribution in [0.3, 0.4) is 0 Å². The lowest BCUT2D eigenvalue weighted by Gasteiger charge is -2.28. The smallest absolute Gasteiger partial charge is 0.188 e. The predicted molar refractivity (Wildman–Crippen MR) is 178 cm³/mol.